The molecular weight excluding hydrogens is 376 g/mol. The largest absolute Gasteiger partial charge is 0.497 e. The summed E-state index contributed by atoms with van der Waals surface area (Å²) >= 11 is 11.0. The van der Waals surface area contributed by atoms with Gasteiger partial charge >= 0.3 is 0 Å². The molecule has 0 unspecified atom stereocenters. The molecule has 4 nitrogen and oxygen atoms in total. The predicted molar refractivity (Wildman–Crippen MR) is 87.9 cm³/mol. The number of rotatable bonds is 3. The van der Waals surface area contributed by atoms with Gasteiger partial charge in [0.05, 0.1) is 17.0 Å². The lowest BCUT2D eigenvalue weighted by Gasteiger charge is -2.09. The molecule has 0 atom stereocenters. The molecule has 0 fully saturated rings. The van der Waals surface area contributed by atoms with E-state index in [0.717, 1.165) is 25.3 Å². The fourth-order valence-electron chi connectivity index (χ4n) is 1.86. The number of aromatic nitrogens is 2. The third-order valence-corrected chi connectivity index (χ3v) is 4.53. The van der Waals surface area contributed by atoms with Crippen molar-refractivity contribution >= 4 is 49.1 Å². The molecule has 0 bridgehead atoms. The van der Waals surface area contributed by atoms with Crippen LogP contribution in [0.2, 0.25) is 5.28 Å². The van der Waals surface area contributed by atoms with Gasteiger partial charge in [-0.2, -0.15) is 4.98 Å². The molecule has 0 aliphatic heterocycles. The lowest BCUT2D eigenvalue weighted by atomic mass is 10.3. The summed E-state index contributed by atoms with van der Waals surface area (Å²) in [5, 5.41) is 1.02. The average molecular weight is 386 g/mol. The Labute approximate surface area is 138 Å². The van der Waals surface area contributed by atoms with Crippen molar-refractivity contribution in [3.63, 3.8) is 0 Å². The summed E-state index contributed by atoms with van der Waals surface area (Å²) < 4.78 is 11.8. The van der Waals surface area contributed by atoms with Crippen LogP contribution in [0.4, 0.5) is 0 Å². The van der Waals surface area contributed by atoms with Crippen molar-refractivity contribution in [2.24, 2.45) is 0 Å². The van der Waals surface area contributed by atoms with Crippen molar-refractivity contribution < 1.29 is 9.47 Å². The van der Waals surface area contributed by atoms with Gasteiger partial charge in [0, 0.05) is 4.88 Å². The standard InChI is InChI=1S/C14H10BrClN2O2S/c1-7-5-9-12(17-14(16)18-13(9)21-7)20-11-4-3-8(19-2)6-10(11)15/h3-6H,1-2H3. The number of thiophene rings is 1. The zero-order valence-electron chi connectivity index (χ0n) is 11.2. The number of hydrogen-bond donors (Lipinski definition) is 0. The summed E-state index contributed by atoms with van der Waals surface area (Å²) in [4.78, 5) is 10.3. The SMILES string of the molecule is COc1ccc(Oc2nc(Cl)nc3sc(C)cc23)c(Br)c1. The van der Waals surface area contributed by atoms with Crippen LogP contribution >= 0.6 is 38.9 Å². The topological polar surface area (TPSA) is 44.2 Å². The third-order valence-electron chi connectivity index (χ3n) is 2.80. The minimum Gasteiger partial charge on any atom is -0.497 e. The van der Waals surface area contributed by atoms with E-state index in [4.69, 9.17) is 21.1 Å². The van der Waals surface area contributed by atoms with Crippen LogP contribution in [0, 0.1) is 6.92 Å². The Morgan fingerprint density at radius 1 is 1.24 bits per heavy atom. The number of nitrogens with zero attached hydrogens (tertiary/aromatic N) is 2. The molecule has 1 aromatic carbocycles. The van der Waals surface area contributed by atoms with Crippen LogP contribution < -0.4 is 9.47 Å². The molecule has 0 N–H and O–H groups in total. The van der Waals surface area contributed by atoms with Crippen molar-refractivity contribution in [1.29, 1.82) is 0 Å². The Bertz CT molecular complexity index is 822. The molecule has 3 aromatic rings. The maximum Gasteiger partial charge on any atom is 0.232 e. The molecule has 2 aromatic heterocycles. The number of ether oxygens (including phenoxy) is 2. The van der Waals surface area contributed by atoms with Crippen LogP contribution in [-0.2, 0) is 0 Å². The van der Waals surface area contributed by atoms with Crippen molar-refractivity contribution in [1.82, 2.24) is 9.97 Å². The van der Waals surface area contributed by atoms with Crippen molar-refractivity contribution in [2.45, 2.75) is 6.92 Å². The number of halogens is 2. The number of aryl methyl sites for hydroxylation is 1. The average Bonchev–Trinajstić information content (AvgIpc) is 2.81. The second-order valence-electron chi connectivity index (χ2n) is 4.27. The van der Waals surface area contributed by atoms with Gasteiger partial charge in [0.2, 0.25) is 11.2 Å². The summed E-state index contributed by atoms with van der Waals surface area (Å²) in [6.45, 7) is 2.01. The highest BCUT2D eigenvalue weighted by Gasteiger charge is 2.13. The number of methoxy groups -OCH3 is 1. The Morgan fingerprint density at radius 2 is 2.05 bits per heavy atom. The quantitative estimate of drug-likeness (QED) is 0.580. The van der Waals surface area contributed by atoms with E-state index in [1.807, 2.05) is 31.2 Å². The van der Waals surface area contributed by atoms with E-state index >= 15 is 0 Å². The Morgan fingerprint density at radius 3 is 2.76 bits per heavy atom. The number of hydrogen-bond acceptors (Lipinski definition) is 5. The molecule has 0 spiro atoms. The lowest BCUT2D eigenvalue weighted by Crippen LogP contribution is -1.92. The minimum atomic E-state index is 0.170. The molecule has 0 radical (unpaired) electrons. The molecule has 0 saturated heterocycles. The van der Waals surface area contributed by atoms with Gasteiger partial charge in [-0.3, -0.25) is 0 Å². The van der Waals surface area contributed by atoms with Gasteiger partial charge < -0.3 is 9.47 Å². The summed E-state index contributed by atoms with van der Waals surface area (Å²) in [7, 11) is 1.62. The summed E-state index contributed by atoms with van der Waals surface area (Å²) in [6.07, 6.45) is 0. The smallest absolute Gasteiger partial charge is 0.232 e. The molecule has 0 amide bonds. The van der Waals surface area contributed by atoms with E-state index in [0.29, 0.717) is 11.6 Å². The molecular formula is C14H10BrClN2O2S. The fourth-order valence-corrected chi connectivity index (χ4v) is 3.38. The Hall–Kier alpha value is -1.37. The van der Waals surface area contributed by atoms with Gasteiger partial charge in [0.15, 0.2) is 0 Å². The van der Waals surface area contributed by atoms with Crippen molar-refractivity contribution in [3.05, 3.63) is 38.9 Å². The Kier molecular flexibility index (Phi) is 4.01. The van der Waals surface area contributed by atoms with Gasteiger partial charge in [-0.1, -0.05) is 0 Å². The van der Waals surface area contributed by atoms with Gasteiger partial charge in [-0.25, -0.2) is 4.98 Å². The zero-order valence-corrected chi connectivity index (χ0v) is 14.3. The second-order valence-corrected chi connectivity index (χ2v) is 6.70. The van der Waals surface area contributed by atoms with Crippen molar-refractivity contribution in [2.75, 3.05) is 7.11 Å². The molecule has 2 heterocycles. The monoisotopic (exact) mass is 384 g/mol. The molecule has 7 heteroatoms. The first kappa shape index (κ1) is 14.6. The van der Waals surface area contributed by atoms with Crippen LogP contribution in [0.15, 0.2) is 28.7 Å². The van der Waals surface area contributed by atoms with Crippen LogP contribution in [0.25, 0.3) is 10.2 Å². The second kappa shape index (κ2) is 5.79. The third kappa shape index (κ3) is 2.97. The van der Waals surface area contributed by atoms with E-state index in [2.05, 4.69) is 25.9 Å². The molecule has 0 saturated carbocycles. The minimum absolute atomic E-state index is 0.170. The number of fused-ring (bicyclic) bond motifs is 1. The highest BCUT2D eigenvalue weighted by Crippen LogP contribution is 2.37. The van der Waals surface area contributed by atoms with E-state index in [9.17, 15) is 0 Å². The summed E-state index contributed by atoms with van der Waals surface area (Å²) in [5.41, 5.74) is 0. The van der Waals surface area contributed by atoms with E-state index < -0.39 is 0 Å². The van der Waals surface area contributed by atoms with E-state index in [-0.39, 0.29) is 5.28 Å². The maximum atomic E-state index is 5.96. The molecule has 108 valence electrons. The Balaban J connectivity index is 2.05. The van der Waals surface area contributed by atoms with Crippen LogP contribution in [0.3, 0.4) is 0 Å². The maximum absolute atomic E-state index is 5.96. The van der Waals surface area contributed by atoms with Crippen molar-refractivity contribution in [3.8, 4) is 17.4 Å². The van der Waals surface area contributed by atoms with Crippen LogP contribution in [-0.4, -0.2) is 17.1 Å². The number of benzene rings is 1. The van der Waals surface area contributed by atoms with E-state index in [1.54, 1.807) is 18.4 Å². The first-order valence-corrected chi connectivity index (χ1v) is 8.00. The lowest BCUT2D eigenvalue weighted by molar-refractivity contribution is 0.411. The molecule has 21 heavy (non-hydrogen) atoms. The summed E-state index contributed by atoms with van der Waals surface area (Å²) in [6, 6.07) is 7.44. The van der Waals surface area contributed by atoms with E-state index in [1.165, 1.54) is 0 Å². The predicted octanol–water partition coefficient (Wildman–Crippen LogP) is 5.22. The zero-order chi connectivity index (χ0) is 15.0. The normalized spacial score (nSPS) is 10.9. The van der Waals surface area contributed by atoms with Crippen LogP contribution in [0.1, 0.15) is 4.88 Å². The molecule has 0 aliphatic rings. The van der Waals surface area contributed by atoms with Crippen LogP contribution in [0.5, 0.6) is 17.4 Å². The van der Waals surface area contributed by atoms with Gasteiger partial charge in [0.1, 0.15) is 16.3 Å². The molecule has 0 aliphatic carbocycles. The highest BCUT2D eigenvalue weighted by molar-refractivity contribution is 9.10. The highest BCUT2D eigenvalue weighted by atomic mass is 79.9. The van der Waals surface area contributed by atoms with Gasteiger partial charge in [-0.15, -0.1) is 11.3 Å². The van der Waals surface area contributed by atoms with Gasteiger partial charge in [-0.05, 0) is 58.7 Å². The first-order valence-electron chi connectivity index (χ1n) is 6.02. The summed E-state index contributed by atoms with van der Waals surface area (Å²) in [5.74, 6) is 1.82. The fraction of sp³-hybridized carbons (Fsp3) is 0.143. The first-order chi connectivity index (χ1) is 10.1. The van der Waals surface area contributed by atoms with Gasteiger partial charge in [0.25, 0.3) is 0 Å². The molecule has 3 rings (SSSR count).